The van der Waals surface area contributed by atoms with Crippen LogP contribution in [-0.2, 0) is 11.0 Å². The average molecular weight is 379 g/mol. The van der Waals surface area contributed by atoms with E-state index in [1.54, 1.807) is 13.0 Å². The van der Waals surface area contributed by atoms with Crippen LogP contribution in [0, 0.1) is 6.92 Å². The highest BCUT2D eigenvalue weighted by Gasteiger charge is 2.33. The molecule has 0 unspecified atom stereocenters. The van der Waals surface area contributed by atoms with E-state index in [-0.39, 0.29) is 5.69 Å². The van der Waals surface area contributed by atoms with E-state index in [1.807, 2.05) is 19.1 Å². The highest BCUT2D eigenvalue weighted by molar-refractivity contribution is 7.18. The molecule has 1 aromatic heterocycles. The Kier molecular flexibility index (Phi) is 4.86. The second kappa shape index (κ2) is 6.95. The van der Waals surface area contributed by atoms with Gasteiger partial charge in [0.05, 0.1) is 26.5 Å². The van der Waals surface area contributed by atoms with E-state index in [9.17, 15) is 18.0 Å². The number of aromatic nitrogens is 1. The normalized spacial score (nSPS) is 12.8. The first kappa shape index (κ1) is 18.2. The minimum absolute atomic E-state index is 0.257. The number of amides is 1. The number of anilines is 2. The predicted molar refractivity (Wildman–Crippen MR) is 97.5 cm³/mol. The lowest BCUT2D eigenvalue weighted by molar-refractivity contribution is -0.137. The molecule has 0 bridgehead atoms. The molecule has 8 heteroatoms. The molecule has 4 nitrogen and oxygen atoms in total. The van der Waals surface area contributed by atoms with Crippen LogP contribution in [0.1, 0.15) is 17.5 Å². The zero-order chi connectivity index (χ0) is 18.9. The molecule has 0 aliphatic heterocycles. The fourth-order valence-electron chi connectivity index (χ4n) is 2.53. The van der Waals surface area contributed by atoms with E-state index >= 15 is 0 Å². The number of hydrogen-bond donors (Lipinski definition) is 2. The van der Waals surface area contributed by atoms with Gasteiger partial charge in [0, 0.05) is 5.69 Å². The van der Waals surface area contributed by atoms with E-state index in [4.69, 9.17) is 0 Å². The van der Waals surface area contributed by atoms with Gasteiger partial charge in [0.15, 0.2) is 0 Å². The summed E-state index contributed by atoms with van der Waals surface area (Å²) in [6, 6.07) is 9.68. The van der Waals surface area contributed by atoms with Crippen LogP contribution >= 0.6 is 11.3 Å². The minimum atomic E-state index is -4.53. The summed E-state index contributed by atoms with van der Waals surface area (Å²) in [6.07, 6.45) is -4.53. The molecule has 0 aliphatic rings. The van der Waals surface area contributed by atoms with Gasteiger partial charge in [-0.05, 0) is 44.2 Å². The number of aryl methyl sites for hydroxylation is 1. The lowest BCUT2D eigenvalue weighted by atomic mass is 10.1. The number of hydrogen-bond acceptors (Lipinski definition) is 4. The molecule has 26 heavy (non-hydrogen) atoms. The molecule has 1 atom stereocenters. The fraction of sp³-hybridized carbons (Fsp3) is 0.222. The van der Waals surface area contributed by atoms with Gasteiger partial charge in [-0.1, -0.05) is 12.1 Å². The third-order valence-electron chi connectivity index (χ3n) is 3.76. The Morgan fingerprint density at radius 2 is 1.92 bits per heavy atom. The molecule has 0 radical (unpaired) electrons. The Hall–Kier alpha value is -2.61. The lowest BCUT2D eigenvalue weighted by Gasteiger charge is -2.18. The third-order valence-corrected chi connectivity index (χ3v) is 4.70. The molecule has 2 aromatic carbocycles. The minimum Gasteiger partial charge on any atom is -0.374 e. The number of thiazole rings is 1. The number of carbonyl (C=O) groups is 1. The number of rotatable bonds is 4. The van der Waals surface area contributed by atoms with E-state index in [0.29, 0.717) is 5.69 Å². The van der Waals surface area contributed by atoms with Gasteiger partial charge in [0.2, 0.25) is 5.91 Å². The van der Waals surface area contributed by atoms with E-state index in [1.165, 1.54) is 29.5 Å². The molecule has 0 saturated heterocycles. The summed E-state index contributed by atoms with van der Waals surface area (Å²) in [7, 11) is 0. The Labute approximate surface area is 152 Å². The van der Waals surface area contributed by atoms with Crippen LogP contribution in [0.4, 0.5) is 24.5 Å². The summed E-state index contributed by atoms with van der Waals surface area (Å²) in [5, 5.41) is 6.29. The second-order valence-electron chi connectivity index (χ2n) is 5.81. The second-order valence-corrected chi connectivity index (χ2v) is 7.05. The van der Waals surface area contributed by atoms with E-state index in [0.717, 1.165) is 21.3 Å². The summed E-state index contributed by atoms with van der Waals surface area (Å²) >= 11 is 1.53. The first-order chi connectivity index (χ1) is 12.2. The van der Waals surface area contributed by atoms with Gasteiger partial charge in [0.1, 0.15) is 6.04 Å². The molecule has 2 N–H and O–H groups in total. The molecule has 0 spiro atoms. The fourth-order valence-corrected chi connectivity index (χ4v) is 3.39. The molecule has 136 valence electrons. The maximum Gasteiger partial charge on any atom is 0.418 e. The summed E-state index contributed by atoms with van der Waals surface area (Å²) in [6.45, 7) is 3.50. The standard InChI is InChI=1S/C18H16F3N3OS/c1-10(22-12-7-8-15-16(9-12)26-11(2)23-15)17(25)24-14-6-4-3-5-13(14)18(19,20)21/h3-10,22H,1-2H3,(H,24,25)/t10-/m1/s1. The highest BCUT2D eigenvalue weighted by atomic mass is 32.1. The summed E-state index contributed by atoms with van der Waals surface area (Å²) in [5.41, 5.74) is 0.441. The van der Waals surface area contributed by atoms with Crippen molar-refractivity contribution in [3.05, 3.63) is 53.0 Å². The van der Waals surface area contributed by atoms with Crippen molar-refractivity contribution < 1.29 is 18.0 Å². The smallest absolute Gasteiger partial charge is 0.374 e. The van der Waals surface area contributed by atoms with Gasteiger partial charge in [-0.2, -0.15) is 13.2 Å². The van der Waals surface area contributed by atoms with Gasteiger partial charge >= 0.3 is 6.18 Å². The molecule has 0 saturated carbocycles. The van der Waals surface area contributed by atoms with E-state index < -0.39 is 23.7 Å². The molecular formula is C18H16F3N3OS. The topological polar surface area (TPSA) is 54.0 Å². The van der Waals surface area contributed by atoms with Gasteiger partial charge < -0.3 is 10.6 Å². The van der Waals surface area contributed by atoms with Crippen molar-refractivity contribution in [1.29, 1.82) is 0 Å². The number of halogens is 3. The van der Waals surface area contributed by atoms with Gasteiger partial charge in [-0.25, -0.2) is 4.98 Å². The van der Waals surface area contributed by atoms with Crippen molar-refractivity contribution in [1.82, 2.24) is 4.98 Å². The van der Waals surface area contributed by atoms with Gasteiger partial charge in [-0.3, -0.25) is 4.79 Å². The molecule has 3 aromatic rings. The first-order valence-corrected chi connectivity index (χ1v) is 8.66. The number of carbonyl (C=O) groups excluding carboxylic acids is 1. The van der Waals surface area contributed by atoms with Crippen LogP contribution in [0.25, 0.3) is 10.2 Å². The summed E-state index contributed by atoms with van der Waals surface area (Å²) in [5.74, 6) is -0.553. The van der Waals surface area contributed by atoms with Crippen LogP contribution < -0.4 is 10.6 Å². The Balaban J connectivity index is 1.73. The molecular weight excluding hydrogens is 363 g/mol. The number of benzene rings is 2. The number of fused-ring (bicyclic) bond motifs is 1. The zero-order valence-corrected chi connectivity index (χ0v) is 14.8. The maximum absolute atomic E-state index is 13.0. The predicted octanol–water partition coefficient (Wildman–Crippen LogP) is 5.06. The van der Waals surface area contributed by atoms with Crippen molar-refractivity contribution in [2.75, 3.05) is 10.6 Å². The molecule has 3 rings (SSSR count). The van der Waals surface area contributed by atoms with Crippen molar-refractivity contribution in [2.24, 2.45) is 0 Å². The lowest BCUT2D eigenvalue weighted by Crippen LogP contribution is -2.32. The van der Waals surface area contributed by atoms with Crippen LogP contribution in [0.3, 0.4) is 0 Å². The largest absolute Gasteiger partial charge is 0.418 e. The van der Waals surface area contributed by atoms with Crippen molar-refractivity contribution in [3.8, 4) is 0 Å². The highest BCUT2D eigenvalue weighted by Crippen LogP contribution is 2.34. The van der Waals surface area contributed by atoms with Crippen molar-refractivity contribution >= 4 is 38.8 Å². The van der Waals surface area contributed by atoms with Crippen molar-refractivity contribution in [3.63, 3.8) is 0 Å². The van der Waals surface area contributed by atoms with Crippen LogP contribution in [0.2, 0.25) is 0 Å². The zero-order valence-electron chi connectivity index (χ0n) is 14.0. The molecule has 1 heterocycles. The maximum atomic E-state index is 13.0. The number of alkyl halides is 3. The molecule has 0 aliphatic carbocycles. The van der Waals surface area contributed by atoms with E-state index in [2.05, 4.69) is 15.6 Å². The van der Waals surface area contributed by atoms with Crippen LogP contribution in [0.5, 0.6) is 0 Å². The molecule has 1 amide bonds. The Morgan fingerprint density at radius 3 is 2.65 bits per heavy atom. The summed E-state index contributed by atoms with van der Waals surface area (Å²) < 4.78 is 40.1. The molecule has 0 fully saturated rings. The number of para-hydroxylation sites is 1. The average Bonchev–Trinajstić information content (AvgIpc) is 2.93. The summed E-state index contributed by atoms with van der Waals surface area (Å²) in [4.78, 5) is 16.7. The number of nitrogens with one attached hydrogen (secondary N) is 2. The Bertz CT molecular complexity index is 952. The quantitative estimate of drug-likeness (QED) is 0.666. The Morgan fingerprint density at radius 1 is 1.19 bits per heavy atom. The van der Waals surface area contributed by atoms with Crippen LogP contribution in [0.15, 0.2) is 42.5 Å². The first-order valence-electron chi connectivity index (χ1n) is 7.85. The monoisotopic (exact) mass is 379 g/mol. The van der Waals surface area contributed by atoms with Crippen LogP contribution in [-0.4, -0.2) is 16.9 Å². The number of nitrogens with zero attached hydrogens (tertiary/aromatic N) is 1. The third kappa shape index (κ3) is 3.96. The van der Waals surface area contributed by atoms with Crippen molar-refractivity contribution in [2.45, 2.75) is 26.1 Å². The van der Waals surface area contributed by atoms with Gasteiger partial charge in [-0.15, -0.1) is 11.3 Å². The SMILES string of the molecule is Cc1nc2ccc(N[C@H](C)C(=O)Nc3ccccc3C(F)(F)F)cc2s1. The van der Waals surface area contributed by atoms with Gasteiger partial charge in [0.25, 0.3) is 0 Å².